The monoisotopic (exact) mass is 387 g/mol. The predicted molar refractivity (Wildman–Crippen MR) is 115 cm³/mol. The number of thioether (sulfide) groups is 1. The standard InChI is InChI=1S/C23H21N3OS/c1-23(2)18-12-15(26-7-9-28-10-8-26)4-6-16(18)21(27)20-17-5-3-14(13-24)11-19(17)25-22(20)23/h3-6,11-12,25H,7-10H2,1-2H3. The van der Waals surface area contributed by atoms with Crippen molar-refractivity contribution >= 4 is 34.1 Å². The van der Waals surface area contributed by atoms with Crippen LogP contribution in [0.3, 0.4) is 0 Å². The molecule has 1 aliphatic heterocycles. The van der Waals surface area contributed by atoms with Gasteiger partial charge in [0.05, 0.1) is 17.2 Å². The van der Waals surface area contributed by atoms with E-state index in [2.05, 4.69) is 41.9 Å². The maximum atomic E-state index is 13.4. The van der Waals surface area contributed by atoms with Crippen molar-refractivity contribution in [2.45, 2.75) is 19.3 Å². The highest BCUT2D eigenvalue weighted by Gasteiger charge is 2.40. The minimum atomic E-state index is -0.315. The number of carbonyl (C=O) groups excluding carboxylic acids is 1. The van der Waals surface area contributed by atoms with Gasteiger partial charge < -0.3 is 9.88 Å². The fraction of sp³-hybridized carbons (Fsp3) is 0.304. The van der Waals surface area contributed by atoms with Crippen LogP contribution in [0.4, 0.5) is 5.69 Å². The molecule has 2 aliphatic rings. The summed E-state index contributed by atoms with van der Waals surface area (Å²) in [5, 5.41) is 10.1. The number of H-pyrrole nitrogens is 1. The smallest absolute Gasteiger partial charge is 0.195 e. The molecule has 4 nitrogen and oxygen atoms in total. The van der Waals surface area contributed by atoms with Gasteiger partial charge in [0.15, 0.2) is 5.78 Å². The van der Waals surface area contributed by atoms with Gasteiger partial charge in [-0.05, 0) is 35.9 Å². The number of aromatic amines is 1. The second-order valence-corrected chi connectivity index (χ2v) is 9.26. The molecule has 1 fully saturated rings. The van der Waals surface area contributed by atoms with Gasteiger partial charge in [0.1, 0.15) is 0 Å². The van der Waals surface area contributed by atoms with Gasteiger partial charge in [-0.1, -0.05) is 19.9 Å². The zero-order chi connectivity index (χ0) is 19.5. The van der Waals surface area contributed by atoms with Crippen LogP contribution in [0.2, 0.25) is 0 Å². The molecule has 140 valence electrons. The summed E-state index contributed by atoms with van der Waals surface area (Å²) in [6, 6.07) is 14.0. The minimum Gasteiger partial charge on any atom is -0.370 e. The first kappa shape index (κ1) is 17.4. The molecule has 0 bridgehead atoms. The molecular formula is C23H21N3OS. The number of ketones is 1. The van der Waals surface area contributed by atoms with Gasteiger partial charge >= 0.3 is 0 Å². The number of anilines is 1. The lowest BCUT2D eigenvalue weighted by Crippen LogP contribution is -2.34. The van der Waals surface area contributed by atoms with Crippen molar-refractivity contribution < 1.29 is 4.79 Å². The van der Waals surface area contributed by atoms with Gasteiger partial charge in [0.2, 0.25) is 0 Å². The largest absolute Gasteiger partial charge is 0.370 e. The maximum absolute atomic E-state index is 13.4. The third-order valence-electron chi connectivity index (χ3n) is 6.08. The lowest BCUT2D eigenvalue weighted by molar-refractivity contribution is 0.103. The Morgan fingerprint density at radius 1 is 1.14 bits per heavy atom. The molecule has 1 aromatic heterocycles. The predicted octanol–water partition coefficient (Wildman–Crippen LogP) is 4.46. The third-order valence-corrected chi connectivity index (χ3v) is 7.02. The van der Waals surface area contributed by atoms with Crippen LogP contribution >= 0.6 is 11.8 Å². The number of aromatic nitrogens is 1. The SMILES string of the molecule is CC1(C)c2cc(N3CCSCC3)ccc2C(=O)c2c1[nH]c1cc(C#N)ccc21. The van der Waals surface area contributed by atoms with Crippen LogP contribution in [-0.4, -0.2) is 35.4 Å². The number of carbonyl (C=O) groups is 1. The average molecular weight is 388 g/mol. The molecule has 0 spiro atoms. The van der Waals surface area contributed by atoms with Crippen molar-refractivity contribution in [1.29, 1.82) is 5.26 Å². The van der Waals surface area contributed by atoms with Crippen molar-refractivity contribution in [3.63, 3.8) is 0 Å². The van der Waals surface area contributed by atoms with E-state index in [9.17, 15) is 10.1 Å². The molecule has 28 heavy (non-hydrogen) atoms. The number of nitrogens with one attached hydrogen (secondary N) is 1. The van der Waals surface area contributed by atoms with Crippen molar-refractivity contribution in [1.82, 2.24) is 4.98 Å². The van der Waals surface area contributed by atoms with E-state index >= 15 is 0 Å². The molecule has 1 saturated heterocycles. The summed E-state index contributed by atoms with van der Waals surface area (Å²) < 4.78 is 0. The molecule has 1 N–H and O–H groups in total. The number of rotatable bonds is 1. The Morgan fingerprint density at radius 2 is 1.93 bits per heavy atom. The lowest BCUT2D eigenvalue weighted by Gasteiger charge is -2.35. The summed E-state index contributed by atoms with van der Waals surface area (Å²) in [6.07, 6.45) is 0. The number of hydrogen-bond acceptors (Lipinski definition) is 4. The normalized spacial score (nSPS) is 17.9. The molecule has 2 heterocycles. The minimum absolute atomic E-state index is 0.0704. The highest BCUT2D eigenvalue weighted by molar-refractivity contribution is 7.99. The number of nitrogens with zero attached hydrogens (tertiary/aromatic N) is 2. The average Bonchev–Trinajstić information content (AvgIpc) is 3.12. The van der Waals surface area contributed by atoms with Gasteiger partial charge in [-0.15, -0.1) is 0 Å². The van der Waals surface area contributed by atoms with Crippen LogP contribution in [0, 0.1) is 11.3 Å². The van der Waals surface area contributed by atoms with E-state index in [1.165, 1.54) is 5.69 Å². The number of benzene rings is 2. The Hall–Kier alpha value is -2.71. The molecule has 5 heteroatoms. The van der Waals surface area contributed by atoms with Crippen LogP contribution in [0.5, 0.6) is 0 Å². The highest BCUT2D eigenvalue weighted by atomic mass is 32.2. The number of nitriles is 1. The summed E-state index contributed by atoms with van der Waals surface area (Å²) in [6.45, 7) is 6.44. The number of hydrogen-bond donors (Lipinski definition) is 1. The summed E-state index contributed by atoms with van der Waals surface area (Å²) in [5.74, 6) is 2.36. The quantitative estimate of drug-likeness (QED) is 0.670. The topological polar surface area (TPSA) is 59.9 Å². The summed E-state index contributed by atoms with van der Waals surface area (Å²) in [7, 11) is 0. The fourth-order valence-electron chi connectivity index (χ4n) is 4.51. The van der Waals surface area contributed by atoms with Crippen LogP contribution in [-0.2, 0) is 5.41 Å². The highest BCUT2D eigenvalue weighted by Crippen LogP contribution is 2.44. The second kappa shape index (κ2) is 6.15. The first-order chi connectivity index (χ1) is 13.5. The Bertz CT molecular complexity index is 1160. The van der Waals surface area contributed by atoms with Crippen LogP contribution in [0.1, 0.15) is 46.6 Å². The van der Waals surface area contributed by atoms with Crippen molar-refractivity contribution in [3.05, 3.63) is 64.3 Å². The van der Waals surface area contributed by atoms with Gasteiger partial charge in [0, 0.05) is 57.9 Å². The van der Waals surface area contributed by atoms with Crippen LogP contribution in [0.15, 0.2) is 36.4 Å². The van der Waals surface area contributed by atoms with Gasteiger partial charge in [-0.2, -0.15) is 17.0 Å². The molecule has 3 aromatic rings. The molecule has 0 unspecified atom stereocenters. The molecule has 1 aliphatic carbocycles. The van der Waals surface area contributed by atoms with Gasteiger partial charge in [-0.3, -0.25) is 4.79 Å². The van der Waals surface area contributed by atoms with Crippen LogP contribution in [0.25, 0.3) is 10.9 Å². The van der Waals surface area contributed by atoms with Crippen molar-refractivity contribution in [2.75, 3.05) is 29.5 Å². The van der Waals surface area contributed by atoms with E-state index in [-0.39, 0.29) is 11.2 Å². The van der Waals surface area contributed by atoms with Gasteiger partial charge in [0.25, 0.3) is 0 Å². The molecule has 0 radical (unpaired) electrons. The van der Waals surface area contributed by atoms with E-state index in [1.807, 2.05) is 30.0 Å². The van der Waals surface area contributed by atoms with Gasteiger partial charge in [-0.25, -0.2) is 0 Å². The Kier molecular flexibility index (Phi) is 3.82. The molecule has 0 atom stereocenters. The van der Waals surface area contributed by atoms with Crippen LogP contribution < -0.4 is 4.90 Å². The summed E-state index contributed by atoms with van der Waals surface area (Å²) >= 11 is 1.99. The molecule has 2 aromatic carbocycles. The Labute approximate surface area is 168 Å². The first-order valence-electron chi connectivity index (χ1n) is 9.59. The second-order valence-electron chi connectivity index (χ2n) is 8.03. The zero-order valence-corrected chi connectivity index (χ0v) is 16.8. The first-order valence-corrected chi connectivity index (χ1v) is 10.7. The van der Waals surface area contributed by atoms with E-state index in [1.54, 1.807) is 6.07 Å². The third kappa shape index (κ3) is 2.41. The summed E-state index contributed by atoms with van der Waals surface area (Å²) in [4.78, 5) is 19.3. The lowest BCUT2D eigenvalue weighted by atomic mass is 9.71. The Balaban J connectivity index is 1.69. The molecular weight excluding hydrogens is 366 g/mol. The Morgan fingerprint density at radius 3 is 2.68 bits per heavy atom. The van der Waals surface area contributed by atoms with E-state index in [0.717, 1.165) is 57.9 Å². The number of fused-ring (bicyclic) bond motifs is 4. The van der Waals surface area contributed by atoms with E-state index < -0.39 is 0 Å². The van der Waals surface area contributed by atoms with Crippen molar-refractivity contribution in [3.8, 4) is 6.07 Å². The molecule has 5 rings (SSSR count). The van der Waals surface area contributed by atoms with Crippen molar-refractivity contribution in [2.24, 2.45) is 0 Å². The fourth-order valence-corrected chi connectivity index (χ4v) is 5.41. The zero-order valence-electron chi connectivity index (χ0n) is 16.0. The molecule has 0 amide bonds. The van der Waals surface area contributed by atoms with E-state index in [0.29, 0.717) is 5.56 Å². The summed E-state index contributed by atoms with van der Waals surface area (Å²) in [5.41, 5.74) is 5.90. The maximum Gasteiger partial charge on any atom is 0.195 e. The molecule has 0 saturated carbocycles. The van der Waals surface area contributed by atoms with E-state index in [4.69, 9.17) is 0 Å².